The third-order valence-corrected chi connectivity index (χ3v) is 3.63. The maximum Gasteiger partial charge on any atom is 0.480 e. The van der Waals surface area contributed by atoms with Crippen molar-refractivity contribution < 1.29 is 23.9 Å². The van der Waals surface area contributed by atoms with Crippen LogP contribution in [0.25, 0.3) is 0 Å². The van der Waals surface area contributed by atoms with Crippen LogP contribution in [0.5, 0.6) is 5.75 Å². The standard InChI is InChI=1S/C16H25BN2O5/c18-6-1-2-7-23-14-5-3-4-13(10-14)11-16(20)19-15-12-22-8-9-24-17(15)21/h3-5,10,15,21H,1-2,6-9,11-12,18H2,(H,19,20). The summed E-state index contributed by atoms with van der Waals surface area (Å²) >= 11 is 0. The highest BCUT2D eigenvalue weighted by molar-refractivity contribution is 6.45. The summed E-state index contributed by atoms with van der Waals surface area (Å²) in [5.41, 5.74) is 6.29. The van der Waals surface area contributed by atoms with Crippen molar-refractivity contribution in [3.05, 3.63) is 29.8 Å². The minimum atomic E-state index is -1.05. The molecule has 1 heterocycles. The number of ether oxygens (including phenoxy) is 2. The Balaban J connectivity index is 1.82. The molecule has 0 bridgehead atoms. The van der Waals surface area contributed by atoms with Crippen molar-refractivity contribution in [1.29, 1.82) is 0 Å². The van der Waals surface area contributed by atoms with E-state index >= 15 is 0 Å². The number of hydrogen-bond donors (Lipinski definition) is 3. The average molecular weight is 336 g/mol. The number of hydrogen-bond acceptors (Lipinski definition) is 6. The predicted octanol–water partition coefficient (Wildman–Crippen LogP) is -0.102. The number of nitrogens with two attached hydrogens (primary N) is 1. The van der Waals surface area contributed by atoms with Gasteiger partial charge in [0, 0.05) is 0 Å². The number of amides is 1. The van der Waals surface area contributed by atoms with E-state index in [1.165, 1.54) is 0 Å². The number of nitrogens with one attached hydrogen (secondary N) is 1. The van der Waals surface area contributed by atoms with Gasteiger partial charge in [0.1, 0.15) is 5.75 Å². The van der Waals surface area contributed by atoms with Gasteiger partial charge in [0.15, 0.2) is 0 Å². The van der Waals surface area contributed by atoms with Gasteiger partial charge < -0.3 is 30.2 Å². The van der Waals surface area contributed by atoms with Crippen LogP contribution >= 0.6 is 0 Å². The molecule has 1 aliphatic heterocycles. The first-order valence-electron chi connectivity index (χ1n) is 8.27. The predicted molar refractivity (Wildman–Crippen MR) is 90.6 cm³/mol. The van der Waals surface area contributed by atoms with Gasteiger partial charge in [-0.3, -0.25) is 4.79 Å². The summed E-state index contributed by atoms with van der Waals surface area (Å²) in [6.45, 7) is 2.22. The number of carbonyl (C=O) groups is 1. The molecule has 1 saturated heterocycles. The zero-order valence-electron chi connectivity index (χ0n) is 13.8. The fourth-order valence-electron chi connectivity index (χ4n) is 2.37. The van der Waals surface area contributed by atoms with Crippen molar-refractivity contribution in [2.75, 3.05) is 33.0 Å². The molecule has 1 amide bonds. The third kappa shape index (κ3) is 6.49. The van der Waals surface area contributed by atoms with Crippen LogP contribution in [0.4, 0.5) is 0 Å². The molecule has 132 valence electrons. The second kappa shape index (κ2) is 10.3. The minimum absolute atomic E-state index is 0.198. The molecule has 1 aromatic rings. The molecule has 0 aliphatic carbocycles. The van der Waals surface area contributed by atoms with Gasteiger partial charge in [0.05, 0.1) is 38.8 Å². The molecular formula is C16H25BN2O5. The highest BCUT2D eigenvalue weighted by atomic mass is 16.6. The van der Waals surface area contributed by atoms with E-state index in [1.807, 2.05) is 24.3 Å². The lowest BCUT2D eigenvalue weighted by Crippen LogP contribution is -2.49. The molecule has 0 saturated carbocycles. The highest BCUT2D eigenvalue weighted by Gasteiger charge is 2.30. The SMILES string of the molecule is NCCCCOc1cccc(CC(=O)NC2COCCOB2O)c1. The molecule has 7 nitrogen and oxygen atoms in total. The van der Waals surface area contributed by atoms with Crippen LogP contribution in [0, 0.1) is 0 Å². The summed E-state index contributed by atoms with van der Waals surface area (Å²) in [6, 6.07) is 7.43. The molecule has 0 radical (unpaired) electrons. The summed E-state index contributed by atoms with van der Waals surface area (Å²) in [5, 5.41) is 12.5. The van der Waals surface area contributed by atoms with Crippen molar-refractivity contribution in [1.82, 2.24) is 5.32 Å². The van der Waals surface area contributed by atoms with Gasteiger partial charge in [-0.25, -0.2) is 0 Å². The second-order valence-corrected chi connectivity index (χ2v) is 5.68. The zero-order valence-corrected chi connectivity index (χ0v) is 13.8. The van der Waals surface area contributed by atoms with Crippen molar-refractivity contribution in [3.8, 4) is 5.75 Å². The monoisotopic (exact) mass is 336 g/mol. The third-order valence-electron chi connectivity index (χ3n) is 3.63. The van der Waals surface area contributed by atoms with Crippen LogP contribution < -0.4 is 15.8 Å². The lowest BCUT2D eigenvalue weighted by molar-refractivity contribution is -0.121. The summed E-state index contributed by atoms with van der Waals surface area (Å²) in [5.74, 6) is -0.0254. The molecule has 2 rings (SSSR count). The Hall–Kier alpha value is -1.61. The molecule has 1 unspecified atom stereocenters. The number of carbonyl (C=O) groups excluding carboxylic acids is 1. The summed E-state index contributed by atoms with van der Waals surface area (Å²) in [7, 11) is -1.05. The Morgan fingerprint density at radius 1 is 1.42 bits per heavy atom. The molecule has 4 N–H and O–H groups in total. The van der Waals surface area contributed by atoms with Crippen LogP contribution in [-0.2, 0) is 20.6 Å². The summed E-state index contributed by atoms with van der Waals surface area (Å²) < 4.78 is 16.1. The highest BCUT2D eigenvalue weighted by Crippen LogP contribution is 2.14. The normalized spacial score (nSPS) is 18.1. The van der Waals surface area contributed by atoms with Crippen molar-refractivity contribution in [2.45, 2.75) is 25.2 Å². The van der Waals surface area contributed by atoms with Gasteiger partial charge in [0.2, 0.25) is 5.91 Å². The quantitative estimate of drug-likeness (QED) is 0.452. The summed E-state index contributed by atoms with van der Waals surface area (Å²) in [4.78, 5) is 12.2. The van der Waals surface area contributed by atoms with Crippen LogP contribution in [-0.4, -0.2) is 57.0 Å². The van der Waals surface area contributed by atoms with Gasteiger partial charge >= 0.3 is 7.12 Å². The van der Waals surface area contributed by atoms with Crippen LogP contribution in [0.3, 0.4) is 0 Å². The molecule has 0 spiro atoms. The first-order chi connectivity index (χ1) is 11.7. The lowest BCUT2D eigenvalue weighted by Gasteiger charge is -2.17. The van der Waals surface area contributed by atoms with E-state index in [0.29, 0.717) is 26.4 Å². The Bertz CT molecular complexity index is 517. The fraction of sp³-hybridized carbons (Fsp3) is 0.562. The molecule has 1 atom stereocenters. The van der Waals surface area contributed by atoms with Crippen molar-refractivity contribution in [3.63, 3.8) is 0 Å². The van der Waals surface area contributed by atoms with E-state index in [-0.39, 0.29) is 18.9 Å². The smallest absolute Gasteiger partial charge is 0.480 e. The minimum Gasteiger partial charge on any atom is -0.494 e. The Morgan fingerprint density at radius 3 is 3.12 bits per heavy atom. The number of rotatable bonds is 8. The molecular weight excluding hydrogens is 311 g/mol. The Kier molecular flexibility index (Phi) is 8.04. The Labute approximate surface area is 142 Å². The fourth-order valence-corrected chi connectivity index (χ4v) is 2.37. The first kappa shape index (κ1) is 18.7. The van der Waals surface area contributed by atoms with Gasteiger partial charge in [-0.1, -0.05) is 12.1 Å². The molecule has 1 aromatic carbocycles. The maximum atomic E-state index is 12.2. The lowest BCUT2D eigenvalue weighted by atomic mass is 9.79. The van der Waals surface area contributed by atoms with Crippen LogP contribution in [0.2, 0.25) is 0 Å². The van der Waals surface area contributed by atoms with E-state index in [9.17, 15) is 9.82 Å². The second-order valence-electron chi connectivity index (χ2n) is 5.68. The van der Waals surface area contributed by atoms with Gasteiger partial charge in [-0.15, -0.1) is 0 Å². The maximum absolute atomic E-state index is 12.2. The first-order valence-corrected chi connectivity index (χ1v) is 8.27. The van der Waals surface area contributed by atoms with Gasteiger partial charge in [-0.2, -0.15) is 0 Å². The van der Waals surface area contributed by atoms with Crippen LogP contribution in [0.15, 0.2) is 24.3 Å². The van der Waals surface area contributed by atoms with E-state index in [0.717, 1.165) is 24.2 Å². The van der Waals surface area contributed by atoms with Gasteiger partial charge in [0.25, 0.3) is 0 Å². The largest absolute Gasteiger partial charge is 0.494 e. The topological polar surface area (TPSA) is 103 Å². The van der Waals surface area contributed by atoms with E-state index in [4.69, 9.17) is 19.9 Å². The molecule has 8 heteroatoms. The summed E-state index contributed by atoms with van der Waals surface area (Å²) in [6.07, 6.45) is 2.03. The Morgan fingerprint density at radius 2 is 2.29 bits per heavy atom. The number of benzene rings is 1. The van der Waals surface area contributed by atoms with E-state index < -0.39 is 13.1 Å². The van der Waals surface area contributed by atoms with Crippen LogP contribution in [0.1, 0.15) is 18.4 Å². The average Bonchev–Trinajstić information content (AvgIpc) is 2.77. The van der Waals surface area contributed by atoms with Gasteiger partial charge in [-0.05, 0) is 37.1 Å². The molecule has 1 fully saturated rings. The molecule has 24 heavy (non-hydrogen) atoms. The van der Waals surface area contributed by atoms with E-state index in [1.54, 1.807) is 0 Å². The zero-order chi connectivity index (χ0) is 17.2. The van der Waals surface area contributed by atoms with Crippen molar-refractivity contribution in [2.24, 2.45) is 5.73 Å². The molecule has 1 aliphatic rings. The molecule has 0 aromatic heterocycles. The van der Waals surface area contributed by atoms with Crippen molar-refractivity contribution >= 4 is 13.0 Å². The number of unbranched alkanes of at least 4 members (excludes halogenated alkanes) is 1. The van der Waals surface area contributed by atoms with E-state index in [2.05, 4.69) is 5.32 Å².